The molecule has 2 aliphatic carbocycles. The van der Waals surface area contributed by atoms with E-state index in [-0.39, 0.29) is 17.9 Å². The van der Waals surface area contributed by atoms with E-state index in [1.165, 1.54) is 7.11 Å². The molecule has 2 fully saturated rings. The molecule has 1 N–H and O–H groups in total. The molecule has 0 saturated heterocycles. The zero-order valence-electron chi connectivity index (χ0n) is 15.6. The van der Waals surface area contributed by atoms with Gasteiger partial charge in [-0.3, -0.25) is 9.59 Å². The van der Waals surface area contributed by atoms with E-state index in [1.54, 1.807) is 12.1 Å². The maximum Gasteiger partial charge on any atom is 0.348 e. The average Bonchev–Trinajstić information content (AvgIpc) is 3.65. The first-order valence-electron chi connectivity index (χ1n) is 9.44. The highest BCUT2D eigenvalue weighted by molar-refractivity contribution is 7.15. The number of thiophene rings is 1. The van der Waals surface area contributed by atoms with Crippen LogP contribution in [0.15, 0.2) is 36.4 Å². The largest absolute Gasteiger partial charge is 0.465 e. The van der Waals surface area contributed by atoms with Crippen molar-refractivity contribution in [3.05, 3.63) is 57.3 Å². The van der Waals surface area contributed by atoms with E-state index >= 15 is 0 Å². The summed E-state index contributed by atoms with van der Waals surface area (Å²) in [6, 6.07) is 11.3. The highest BCUT2D eigenvalue weighted by atomic mass is 32.1. The predicted molar refractivity (Wildman–Crippen MR) is 105 cm³/mol. The SMILES string of the molecule is COC(=O)c1ccc(C(=O)N(Cc2ccc(C(=O)NC3CC3)cc2)C2CC2)s1. The molecule has 0 spiro atoms. The van der Waals surface area contributed by atoms with Crippen molar-refractivity contribution in [1.82, 2.24) is 10.2 Å². The minimum atomic E-state index is -0.429. The van der Waals surface area contributed by atoms with Gasteiger partial charge < -0.3 is 15.0 Å². The van der Waals surface area contributed by atoms with Crippen LogP contribution in [0.25, 0.3) is 0 Å². The number of hydrogen-bond acceptors (Lipinski definition) is 5. The average molecular weight is 398 g/mol. The second-order valence-corrected chi connectivity index (χ2v) is 8.35. The number of nitrogens with zero attached hydrogens (tertiary/aromatic N) is 1. The molecule has 2 aromatic rings. The standard InChI is InChI=1S/C21H22N2O4S/c1-27-21(26)18-11-10-17(28-18)20(25)23(16-8-9-16)12-13-2-4-14(5-3-13)19(24)22-15-6-7-15/h2-5,10-11,15-16H,6-9,12H2,1H3,(H,22,24). The van der Waals surface area contributed by atoms with Crippen molar-refractivity contribution in [1.29, 1.82) is 0 Å². The van der Waals surface area contributed by atoms with E-state index < -0.39 is 5.97 Å². The number of nitrogens with one attached hydrogen (secondary N) is 1. The number of rotatable bonds is 7. The summed E-state index contributed by atoms with van der Waals surface area (Å²) in [6.45, 7) is 0.486. The monoisotopic (exact) mass is 398 g/mol. The molecule has 2 amide bonds. The molecule has 4 rings (SSSR count). The first kappa shape index (κ1) is 18.7. The van der Waals surface area contributed by atoms with Crippen LogP contribution in [0.4, 0.5) is 0 Å². The molecule has 0 atom stereocenters. The Morgan fingerprint density at radius 2 is 1.71 bits per heavy atom. The van der Waals surface area contributed by atoms with Crippen LogP contribution < -0.4 is 5.32 Å². The van der Waals surface area contributed by atoms with Crippen LogP contribution in [0.3, 0.4) is 0 Å². The van der Waals surface area contributed by atoms with Crippen LogP contribution >= 0.6 is 11.3 Å². The summed E-state index contributed by atoms with van der Waals surface area (Å²) in [6.07, 6.45) is 4.09. The molecule has 28 heavy (non-hydrogen) atoms. The molecule has 6 nitrogen and oxygen atoms in total. The number of ether oxygens (including phenoxy) is 1. The highest BCUT2D eigenvalue weighted by Crippen LogP contribution is 2.31. The van der Waals surface area contributed by atoms with Gasteiger partial charge in [0.15, 0.2) is 0 Å². The highest BCUT2D eigenvalue weighted by Gasteiger charge is 2.34. The van der Waals surface area contributed by atoms with Gasteiger partial charge in [0.05, 0.1) is 12.0 Å². The third-order valence-corrected chi connectivity index (χ3v) is 5.99. The van der Waals surface area contributed by atoms with Crippen LogP contribution in [-0.2, 0) is 11.3 Å². The number of benzene rings is 1. The number of methoxy groups -OCH3 is 1. The molecule has 2 saturated carbocycles. The molecule has 0 aliphatic heterocycles. The molecular weight excluding hydrogens is 376 g/mol. The zero-order valence-corrected chi connectivity index (χ0v) is 16.5. The van der Waals surface area contributed by atoms with E-state index in [4.69, 9.17) is 4.74 Å². The summed E-state index contributed by atoms with van der Waals surface area (Å²) in [7, 11) is 1.33. The van der Waals surface area contributed by atoms with Crippen molar-refractivity contribution in [3.8, 4) is 0 Å². The molecular formula is C21H22N2O4S. The van der Waals surface area contributed by atoms with Crippen molar-refractivity contribution >= 4 is 29.1 Å². The fourth-order valence-corrected chi connectivity index (χ4v) is 3.89. The summed E-state index contributed by atoms with van der Waals surface area (Å²) < 4.78 is 4.72. The van der Waals surface area contributed by atoms with E-state index in [9.17, 15) is 14.4 Å². The number of hydrogen-bond donors (Lipinski definition) is 1. The Bertz CT molecular complexity index is 897. The van der Waals surface area contributed by atoms with E-state index in [2.05, 4.69) is 5.32 Å². The second kappa shape index (κ2) is 7.75. The molecule has 1 aromatic carbocycles. The maximum absolute atomic E-state index is 13.0. The third kappa shape index (κ3) is 4.25. The summed E-state index contributed by atoms with van der Waals surface area (Å²) in [5.41, 5.74) is 1.62. The first-order chi connectivity index (χ1) is 13.5. The molecule has 7 heteroatoms. The van der Waals surface area contributed by atoms with Crippen molar-refractivity contribution in [3.63, 3.8) is 0 Å². The fraction of sp³-hybridized carbons (Fsp3) is 0.381. The van der Waals surface area contributed by atoms with Crippen molar-refractivity contribution in [2.24, 2.45) is 0 Å². The summed E-state index contributed by atoms with van der Waals surface area (Å²) in [5.74, 6) is -0.543. The Kier molecular flexibility index (Phi) is 5.17. The number of esters is 1. The molecule has 0 bridgehead atoms. The molecule has 0 radical (unpaired) electrons. The van der Waals surface area contributed by atoms with Crippen LogP contribution in [-0.4, -0.2) is 41.9 Å². The van der Waals surface area contributed by atoms with Gasteiger partial charge in [0.1, 0.15) is 4.88 Å². The van der Waals surface area contributed by atoms with Gasteiger partial charge in [0.2, 0.25) is 0 Å². The van der Waals surface area contributed by atoms with E-state index in [0.29, 0.717) is 27.9 Å². The lowest BCUT2D eigenvalue weighted by Gasteiger charge is -2.22. The molecule has 2 aliphatic rings. The number of amides is 2. The topological polar surface area (TPSA) is 75.7 Å². The summed E-state index contributed by atoms with van der Waals surface area (Å²) in [4.78, 5) is 39.5. The van der Waals surface area contributed by atoms with Gasteiger partial charge in [0, 0.05) is 24.2 Å². The van der Waals surface area contributed by atoms with Gasteiger partial charge in [-0.2, -0.15) is 0 Å². The Hall–Kier alpha value is -2.67. The first-order valence-corrected chi connectivity index (χ1v) is 10.3. The maximum atomic E-state index is 13.0. The Labute approximate surface area is 167 Å². The number of carbonyl (C=O) groups is 3. The Morgan fingerprint density at radius 3 is 2.32 bits per heavy atom. The fourth-order valence-electron chi connectivity index (χ4n) is 3.01. The lowest BCUT2D eigenvalue weighted by molar-refractivity contribution is 0.0606. The predicted octanol–water partition coefficient (Wildman–Crippen LogP) is 3.23. The minimum Gasteiger partial charge on any atom is -0.465 e. The molecule has 1 aromatic heterocycles. The van der Waals surface area contributed by atoms with E-state index in [0.717, 1.165) is 42.6 Å². The lowest BCUT2D eigenvalue weighted by atomic mass is 10.1. The van der Waals surface area contributed by atoms with Gasteiger partial charge >= 0.3 is 5.97 Å². The smallest absolute Gasteiger partial charge is 0.348 e. The molecule has 0 unspecified atom stereocenters. The minimum absolute atomic E-state index is 0.0434. The third-order valence-electron chi connectivity index (χ3n) is 4.93. The Morgan fingerprint density at radius 1 is 1.04 bits per heavy atom. The van der Waals surface area contributed by atoms with Crippen molar-refractivity contribution < 1.29 is 19.1 Å². The second-order valence-electron chi connectivity index (χ2n) is 7.26. The quantitative estimate of drug-likeness (QED) is 0.727. The van der Waals surface area contributed by atoms with Crippen LogP contribution in [0.2, 0.25) is 0 Å². The normalized spacial score (nSPS) is 15.8. The van der Waals surface area contributed by atoms with Gasteiger partial charge in [0.25, 0.3) is 11.8 Å². The summed E-state index contributed by atoms with van der Waals surface area (Å²) in [5, 5.41) is 2.97. The van der Waals surface area contributed by atoms with Crippen LogP contribution in [0, 0.1) is 0 Å². The van der Waals surface area contributed by atoms with Gasteiger partial charge in [-0.25, -0.2) is 4.79 Å². The summed E-state index contributed by atoms with van der Waals surface area (Å²) >= 11 is 1.16. The number of carbonyl (C=O) groups excluding carboxylic acids is 3. The Balaban J connectivity index is 1.44. The van der Waals surface area contributed by atoms with Gasteiger partial charge in [-0.15, -0.1) is 11.3 Å². The van der Waals surface area contributed by atoms with Crippen molar-refractivity contribution in [2.45, 2.75) is 44.3 Å². The van der Waals surface area contributed by atoms with Gasteiger partial charge in [-0.05, 0) is 55.5 Å². The van der Waals surface area contributed by atoms with Crippen molar-refractivity contribution in [2.75, 3.05) is 7.11 Å². The molecule has 1 heterocycles. The molecule has 146 valence electrons. The van der Waals surface area contributed by atoms with E-state index in [1.807, 2.05) is 29.2 Å². The lowest BCUT2D eigenvalue weighted by Crippen LogP contribution is -2.32. The zero-order chi connectivity index (χ0) is 19.7. The van der Waals surface area contributed by atoms with Gasteiger partial charge in [-0.1, -0.05) is 12.1 Å². The van der Waals surface area contributed by atoms with Crippen LogP contribution in [0.1, 0.15) is 60.9 Å². The van der Waals surface area contributed by atoms with Crippen LogP contribution in [0.5, 0.6) is 0 Å².